The van der Waals surface area contributed by atoms with Crippen LogP contribution in [0.3, 0.4) is 0 Å². The molecule has 2 nitrogen and oxygen atoms in total. The summed E-state index contributed by atoms with van der Waals surface area (Å²) in [5.41, 5.74) is 2.52. The molecule has 0 spiro atoms. The SMILES string of the molecule is CCC(C)c1ccc(CNC(C)=O)cc1. The molecule has 0 heterocycles. The van der Waals surface area contributed by atoms with Crippen molar-refractivity contribution in [2.45, 2.75) is 39.7 Å². The Bertz CT molecular complexity index is 316. The minimum absolute atomic E-state index is 0.0148. The van der Waals surface area contributed by atoms with E-state index in [1.165, 1.54) is 12.5 Å². The van der Waals surface area contributed by atoms with Crippen molar-refractivity contribution in [3.8, 4) is 0 Å². The van der Waals surface area contributed by atoms with Crippen LogP contribution >= 0.6 is 0 Å². The molecule has 1 atom stereocenters. The van der Waals surface area contributed by atoms with Crippen molar-refractivity contribution < 1.29 is 4.79 Å². The summed E-state index contributed by atoms with van der Waals surface area (Å²) < 4.78 is 0. The van der Waals surface area contributed by atoms with Crippen LogP contribution < -0.4 is 5.32 Å². The fourth-order valence-corrected chi connectivity index (χ4v) is 1.43. The minimum Gasteiger partial charge on any atom is -0.352 e. The molecule has 1 unspecified atom stereocenters. The van der Waals surface area contributed by atoms with E-state index in [1.807, 2.05) is 0 Å². The lowest BCUT2D eigenvalue weighted by Crippen LogP contribution is -2.18. The van der Waals surface area contributed by atoms with Crippen molar-refractivity contribution in [1.82, 2.24) is 5.32 Å². The van der Waals surface area contributed by atoms with Crippen molar-refractivity contribution in [3.63, 3.8) is 0 Å². The van der Waals surface area contributed by atoms with E-state index in [1.54, 1.807) is 0 Å². The zero-order chi connectivity index (χ0) is 11.3. The fraction of sp³-hybridized carbons (Fsp3) is 0.462. The van der Waals surface area contributed by atoms with Crippen molar-refractivity contribution in [3.05, 3.63) is 35.4 Å². The summed E-state index contributed by atoms with van der Waals surface area (Å²) in [6.45, 7) is 6.57. The third-order valence-electron chi connectivity index (χ3n) is 2.70. The first-order valence-corrected chi connectivity index (χ1v) is 5.46. The number of carbonyl (C=O) groups is 1. The highest BCUT2D eigenvalue weighted by Gasteiger charge is 2.02. The van der Waals surface area contributed by atoms with Crippen LogP contribution in [0.15, 0.2) is 24.3 Å². The molecular weight excluding hydrogens is 186 g/mol. The van der Waals surface area contributed by atoms with Crippen LogP contribution in [0.4, 0.5) is 0 Å². The summed E-state index contributed by atoms with van der Waals surface area (Å²) in [6.07, 6.45) is 1.16. The highest BCUT2D eigenvalue weighted by Crippen LogP contribution is 2.18. The molecule has 1 aromatic rings. The molecular formula is C13H19NO. The molecule has 1 rings (SSSR count). The van der Waals surface area contributed by atoms with E-state index >= 15 is 0 Å². The van der Waals surface area contributed by atoms with Gasteiger partial charge in [-0.3, -0.25) is 4.79 Å². The van der Waals surface area contributed by atoms with E-state index in [9.17, 15) is 4.79 Å². The number of hydrogen-bond acceptors (Lipinski definition) is 1. The molecule has 1 aromatic carbocycles. The molecule has 0 aliphatic carbocycles. The van der Waals surface area contributed by atoms with Crippen molar-refractivity contribution in [1.29, 1.82) is 0 Å². The number of carbonyl (C=O) groups excluding carboxylic acids is 1. The van der Waals surface area contributed by atoms with Gasteiger partial charge in [-0.15, -0.1) is 0 Å². The van der Waals surface area contributed by atoms with Gasteiger partial charge in [0.1, 0.15) is 0 Å². The zero-order valence-electron chi connectivity index (χ0n) is 9.71. The summed E-state index contributed by atoms with van der Waals surface area (Å²) in [6, 6.07) is 8.45. The Hall–Kier alpha value is -1.31. The first-order valence-electron chi connectivity index (χ1n) is 5.46. The van der Waals surface area contributed by atoms with Gasteiger partial charge in [-0.05, 0) is 23.5 Å². The smallest absolute Gasteiger partial charge is 0.217 e. The number of benzene rings is 1. The molecule has 0 saturated heterocycles. The highest BCUT2D eigenvalue weighted by atomic mass is 16.1. The summed E-state index contributed by atoms with van der Waals surface area (Å²) in [4.78, 5) is 10.7. The van der Waals surface area contributed by atoms with Gasteiger partial charge in [0.05, 0.1) is 0 Å². The molecule has 0 fully saturated rings. The molecule has 1 amide bonds. The molecule has 1 N–H and O–H groups in total. The lowest BCUT2D eigenvalue weighted by atomic mass is 9.98. The van der Waals surface area contributed by atoms with Gasteiger partial charge >= 0.3 is 0 Å². The molecule has 0 radical (unpaired) electrons. The summed E-state index contributed by atoms with van der Waals surface area (Å²) in [7, 11) is 0. The Morgan fingerprint density at radius 1 is 1.33 bits per heavy atom. The lowest BCUT2D eigenvalue weighted by molar-refractivity contribution is -0.119. The number of nitrogens with one attached hydrogen (secondary N) is 1. The maximum absolute atomic E-state index is 10.7. The first-order chi connectivity index (χ1) is 7.13. The van der Waals surface area contributed by atoms with Crippen molar-refractivity contribution in [2.75, 3.05) is 0 Å². The van der Waals surface area contributed by atoms with E-state index in [-0.39, 0.29) is 5.91 Å². The second-order valence-electron chi connectivity index (χ2n) is 3.96. The molecule has 15 heavy (non-hydrogen) atoms. The standard InChI is InChI=1S/C13H19NO/c1-4-10(2)13-7-5-12(6-8-13)9-14-11(3)15/h5-8,10H,4,9H2,1-3H3,(H,14,15). The maximum atomic E-state index is 10.7. The van der Waals surface area contributed by atoms with Gasteiger partial charge in [-0.25, -0.2) is 0 Å². The van der Waals surface area contributed by atoms with Crippen LogP contribution in [-0.4, -0.2) is 5.91 Å². The fourth-order valence-electron chi connectivity index (χ4n) is 1.43. The normalized spacial score (nSPS) is 12.2. The van der Waals surface area contributed by atoms with Crippen LogP contribution in [-0.2, 0) is 11.3 Å². The molecule has 2 heteroatoms. The first kappa shape index (κ1) is 11.8. The number of hydrogen-bond donors (Lipinski definition) is 1. The molecule has 0 saturated carbocycles. The van der Waals surface area contributed by atoms with Crippen LogP contribution in [0, 0.1) is 0 Å². The van der Waals surface area contributed by atoms with E-state index in [4.69, 9.17) is 0 Å². The topological polar surface area (TPSA) is 29.1 Å². The number of rotatable bonds is 4. The largest absolute Gasteiger partial charge is 0.352 e. The minimum atomic E-state index is 0.0148. The van der Waals surface area contributed by atoms with E-state index in [0.717, 1.165) is 12.0 Å². The molecule has 0 bridgehead atoms. The van der Waals surface area contributed by atoms with Gasteiger partial charge in [0.25, 0.3) is 0 Å². The maximum Gasteiger partial charge on any atom is 0.217 e. The Morgan fingerprint density at radius 2 is 1.93 bits per heavy atom. The Morgan fingerprint density at radius 3 is 2.40 bits per heavy atom. The molecule has 0 aliphatic rings. The quantitative estimate of drug-likeness (QED) is 0.804. The average molecular weight is 205 g/mol. The molecule has 82 valence electrons. The van der Waals surface area contributed by atoms with Crippen LogP contribution in [0.1, 0.15) is 44.2 Å². The summed E-state index contributed by atoms with van der Waals surface area (Å²) >= 11 is 0. The van der Waals surface area contributed by atoms with Gasteiger partial charge in [-0.2, -0.15) is 0 Å². The highest BCUT2D eigenvalue weighted by molar-refractivity contribution is 5.72. The van der Waals surface area contributed by atoms with Crippen LogP contribution in [0.5, 0.6) is 0 Å². The Balaban J connectivity index is 2.60. The Kier molecular flexibility index (Phi) is 4.35. The number of amides is 1. The predicted octanol–water partition coefficient (Wildman–Crippen LogP) is 2.84. The average Bonchev–Trinajstić information content (AvgIpc) is 2.26. The van der Waals surface area contributed by atoms with Crippen molar-refractivity contribution in [2.24, 2.45) is 0 Å². The lowest BCUT2D eigenvalue weighted by Gasteiger charge is -2.09. The summed E-state index contributed by atoms with van der Waals surface area (Å²) in [5.74, 6) is 0.626. The van der Waals surface area contributed by atoms with E-state index in [2.05, 4.69) is 43.4 Å². The monoisotopic (exact) mass is 205 g/mol. The molecule has 0 aliphatic heterocycles. The predicted molar refractivity (Wildman–Crippen MR) is 62.7 cm³/mol. The Labute approximate surface area is 91.7 Å². The van der Waals surface area contributed by atoms with Gasteiger partial charge in [-0.1, -0.05) is 38.1 Å². The third kappa shape index (κ3) is 3.74. The van der Waals surface area contributed by atoms with Gasteiger partial charge in [0, 0.05) is 13.5 Å². The molecule has 0 aromatic heterocycles. The van der Waals surface area contributed by atoms with E-state index in [0.29, 0.717) is 12.5 Å². The third-order valence-corrected chi connectivity index (χ3v) is 2.70. The van der Waals surface area contributed by atoms with Crippen molar-refractivity contribution >= 4 is 5.91 Å². The van der Waals surface area contributed by atoms with E-state index < -0.39 is 0 Å². The van der Waals surface area contributed by atoms with Gasteiger partial charge < -0.3 is 5.32 Å². The van der Waals surface area contributed by atoms with Gasteiger partial charge in [0.2, 0.25) is 5.91 Å². The van der Waals surface area contributed by atoms with Gasteiger partial charge in [0.15, 0.2) is 0 Å². The second-order valence-corrected chi connectivity index (χ2v) is 3.96. The second kappa shape index (κ2) is 5.54. The summed E-state index contributed by atoms with van der Waals surface area (Å²) in [5, 5.41) is 2.79. The van der Waals surface area contributed by atoms with Crippen LogP contribution in [0.2, 0.25) is 0 Å². The van der Waals surface area contributed by atoms with Crippen LogP contribution in [0.25, 0.3) is 0 Å². The zero-order valence-corrected chi connectivity index (χ0v) is 9.71.